The summed E-state index contributed by atoms with van der Waals surface area (Å²) in [6, 6.07) is 18.6. The van der Waals surface area contributed by atoms with Crippen LogP contribution in [-0.4, -0.2) is 29.8 Å². The molecule has 2 aromatic rings. The molecule has 0 unspecified atom stereocenters. The zero-order chi connectivity index (χ0) is 34.2. The molecular formula is C42H69FO2Si2. The molecule has 0 heterocycles. The van der Waals surface area contributed by atoms with Gasteiger partial charge in [0.2, 0.25) is 16.6 Å². The molecule has 47 heavy (non-hydrogen) atoms. The van der Waals surface area contributed by atoms with Crippen molar-refractivity contribution in [1.82, 2.24) is 0 Å². The van der Waals surface area contributed by atoms with E-state index in [1.807, 2.05) is 6.07 Å². The van der Waals surface area contributed by atoms with Crippen molar-refractivity contribution in [2.24, 2.45) is 0 Å². The van der Waals surface area contributed by atoms with Crippen LogP contribution in [0.4, 0.5) is 4.39 Å². The van der Waals surface area contributed by atoms with Gasteiger partial charge in [0.1, 0.15) is 5.82 Å². The highest BCUT2D eigenvalue weighted by molar-refractivity contribution is 6.87. The standard InChI is InChI=1S/C42H69FO2Si2/c1-7-13-17-23-33-46(44-11-5,34-24-18-14-8-2)41-28-22-21-27-38(41)29-30-39-37-40(43)31-32-42(39)47(45-12-6,35-25-19-15-9-3)36-26-20-16-10-4/h21-22,27-28,31-32,37H,7-20,23-26,33-36H2,1-6H3. The van der Waals surface area contributed by atoms with Crippen LogP contribution in [-0.2, 0) is 8.85 Å². The van der Waals surface area contributed by atoms with E-state index in [-0.39, 0.29) is 5.82 Å². The van der Waals surface area contributed by atoms with Crippen LogP contribution in [0.5, 0.6) is 0 Å². The lowest BCUT2D eigenvalue weighted by atomic mass is 10.1. The van der Waals surface area contributed by atoms with Gasteiger partial charge in [-0.2, -0.15) is 0 Å². The van der Waals surface area contributed by atoms with Gasteiger partial charge in [-0.25, -0.2) is 4.39 Å². The number of hydrogen-bond donors (Lipinski definition) is 0. The Kier molecular flexibility index (Phi) is 21.5. The van der Waals surface area contributed by atoms with E-state index in [1.165, 1.54) is 113 Å². The monoisotopic (exact) mass is 680 g/mol. The Morgan fingerprint density at radius 1 is 0.489 bits per heavy atom. The Morgan fingerprint density at radius 3 is 1.32 bits per heavy atom. The largest absolute Gasteiger partial charge is 0.413 e. The average molecular weight is 681 g/mol. The van der Waals surface area contributed by atoms with E-state index in [2.05, 4.69) is 77.6 Å². The molecule has 5 heteroatoms. The molecule has 2 rings (SSSR count). The first kappa shape index (κ1) is 41.5. The molecule has 0 bridgehead atoms. The number of rotatable bonds is 26. The maximum atomic E-state index is 15.0. The van der Waals surface area contributed by atoms with Crippen molar-refractivity contribution in [3.05, 3.63) is 59.4 Å². The Hall–Kier alpha value is -1.72. The zero-order valence-corrected chi connectivity index (χ0v) is 33.3. The molecule has 2 nitrogen and oxygen atoms in total. The molecule has 0 amide bonds. The maximum Gasteiger partial charge on any atom is 0.225 e. The molecule has 2 aromatic carbocycles. The second kappa shape index (κ2) is 24.4. The molecule has 0 aromatic heterocycles. The summed E-state index contributed by atoms with van der Waals surface area (Å²) in [5.41, 5.74) is 1.91. The summed E-state index contributed by atoms with van der Waals surface area (Å²) in [5.74, 6) is 7.00. The number of halogens is 1. The number of benzene rings is 2. The van der Waals surface area contributed by atoms with Gasteiger partial charge in [-0.3, -0.25) is 0 Å². The van der Waals surface area contributed by atoms with Gasteiger partial charge in [0.15, 0.2) is 0 Å². The SMILES string of the molecule is CCCCCC[Si](CCCCCC)(OCC)c1ccccc1C#Cc1cc(F)ccc1[Si](CCCCCC)(CCCCCC)OCC. The molecule has 0 aliphatic heterocycles. The number of unbranched alkanes of at least 4 members (excludes halogenated alkanes) is 12. The minimum atomic E-state index is -2.38. The Morgan fingerprint density at radius 2 is 0.894 bits per heavy atom. The van der Waals surface area contributed by atoms with Gasteiger partial charge >= 0.3 is 0 Å². The third-order valence-electron chi connectivity index (χ3n) is 9.80. The van der Waals surface area contributed by atoms with E-state index in [0.717, 1.165) is 41.9 Å². The van der Waals surface area contributed by atoms with Crippen molar-refractivity contribution in [1.29, 1.82) is 0 Å². The van der Waals surface area contributed by atoms with Crippen molar-refractivity contribution >= 4 is 27.0 Å². The summed E-state index contributed by atoms with van der Waals surface area (Å²) in [6.07, 6.45) is 19.7. The fourth-order valence-electron chi connectivity index (χ4n) is 7.28. The Bertz CT molecular complexity index is 1150. The molecule has 0 aliphatic rings. The van der Waals surface area contributed by atoms with Crippen LogP contribution >= 0.6 is 0 Å². The lowest BCUT2D eigenvalue weighted by Gasteiger charge is -2.33. The van der Waals surface area contributed by atoms with Gasteiger partial charge in [0, 0.05) is 24.3 Å². The van der Waals surface area contributed by atoms with Gasteiger partial charge < -0.3 is 8.85 Å². The summed E-state index contributed by atoms with van der Waals surface area (Å²) in [6.45, 7) is 14.8. The van der Waals surface area contributed by atoms with Crippen molar-refractivity contribution in [3.8, 4) is 11.8 Å². The van der Waals surface area contributed by atoms with Crippen LogP contribution in [0, 0.1) is 17.7 Å². The predicted octanol–water partition coefficient (Wildman–Crippen LogP) is 11.9. The van der Waals surface area contributed by atoms with Gasteiger partial charge in [-0.05, 0) is 66.6 Å². The van der Waals surface area contributed by atoms with E-state index in [1.54, 1.807) is 12.1 Å². The minimum absolute atomic E-state index is 0.215. The summed E-state index contributed by atoms with van der Waals surface area (Å²) in [4.78, 5) is 0. The topological polar surface area (TPSA) is 18.5 Å². The smallest absolute Gasteiger partial charge is 0.225 e. The molecule has 0 spiro atoms. The molecule has 0 radical (unpaired) electrons. The molecule has 0 aliphatic carbocycles. The quantitative estimate of drug-likeness (QED) is 0.0559. The second-order valence-electron chi connectivity index (χ2n) is 13.6. The van der Waals surface area contributed by atoms with Crippen molar-refractivity contribution in [2.45, 2.75) is 168 Å². The van der Waals surface area contributed by atoms with E-state index in [9.17, 15) is 0 Å². The highest BCUT2D eigenvalue weighted by Gasteiger charge is 2.39. The van der Waals surface area contributed by atoms with Crippen LogP contribution < -0.4 is 10.4 Å². The fourth-order valence-corrected chi connectivity index (χ4v) is 16.2. The molecule has 0 atom stereocenters. The number of hydrogen-bond acceptors (Lipinski definition) is 2. The lowest BCUT2D eigenvalue weighted by molar-refractivity contribution is 0.325. The third-order valence-corrected chi connectivity index (χ3v) is 19.0. The van der Waals surface area contributed by atoms with Crippen molar-refractivity contribution in [2.75, 3.05) is 13.2 Å². The fraction of sp³-hybridized carbons (Fsp3) is 0.667. The molecule has 0 N–H and O–H groups in total. The van der Waals surface area contributed by atoms with Gasteiger partial charge in [-0.1, -0.05) is 167 Å². The predicted molar refractivity (Wildman–Crippen MR) is 209 cm³/mol. The van der Waals surface area contributed by atoms with Crippen LogP contribution in [0.25, 0.3) is 0 Å². The second-order valence-corrected chi connectivity index (χ2v) is 21.2. The van der Waals surface area contributed by atoms with E-state index < -0.39 is 16.6 Å². The van der Waals surface area contributed by atoms with Gasteiger partial charge in [0.25, 0.3) is 0 Å². The molecular weight excluding hydrogens is 612 g/mol. The molecule has 0 saturated carbocycles. The van der Waals surface area contributed by atoms with Crippen LogP contribution in [0.2, 0.25) is 24.2 Å². The Labute approximate surface area is 292 Å². The van der Waals surface area contributed by atoms with Gasteiger partial charge in [0.05, 0.1) is 0 Å². The zero-order valence-electron chi connectivity index (χ0n) is 31.3. The van der Waals surface area contributed by atoms with Gasteiger partial charge in [-0.15, -0.1) is 0 Å². The Balaban J connectivity index is 2.65. The highest BCUT2D eigenvalue weighted by Crippen LogP contribution is 2.28. The molecule has 264 valence electrons. The molecule has 0 fully saturated rings. The summed E-state index contributed by atoms with van der Waals surface area (Å²) in [7, 11) is -4.65. The van der Waals surface area contributed by atoms with Crippen LogP contribution in [0.3, 0.4) is 0 Å². The first-order valence-corrected chi connectivity index (χ1v) is 24.3. The summed E-state index contributed by atoms with van der Waals surface area (Å²) < 4.78 is 28.8. The van der Waals surface area contributed by atoms with Crippen molar-refractivity contribution < 1.29 is 13.2 Å². The first-order valence-electron chi connectivity index (χ1n) is 19.6. The lowest BCUT2D eigenvalue weighted by Crippen LogP contribution is -2.52. The average Bonchev–Trinajstić information content (AvgIpc) is 3.08. The maximum absolute atomic E-state index is 15.0. The summed E-state index contributed by atoms with van der Waals surface area (Å²) in [5, 5.41) is 2.54. The first-order chi connectivity index (χ1) is 23.0. The van der Waals surface area contributed by atoms with Crippen molar-refractivity contribution in [3.63, 3.8) is 0 Å². The van der Waals surface area contributed by atoms with Crippen LogP contribution in [0.1, 0.15) is 155 Å². The van der Waals surface area contributed by atoms with E-state index in [4.69, 9.17) is 8.85 Å². The van der Waals surface area contributed by atoms with E-state index >= 15 is 4.39 Å². The minimum Gasteiger partial charge on any atom is -0.413 e. The third kappa shape index (κ3) is 14.0. The summed E-state index contributed by atoms with van der Waals surface area (Å²) >= 11 is 0. The van der Waals surface area contributed by atoms with Crippen LogP contribution in [0.15, 0.2) is 42.5 Å². The highest BCUT2D eigenvalue weighted by atomic mass is 28.4. The normalized spacial score (nSPS) is 11.9. The molecule has 0 saturated heterocycles. The van der Waals surface area contributed by atoms with E-state index in [0.29, 0.717) is 6.61 Å².